The van der Waals surface area contributed by atoms with Gasteiger partial charge in [0.05, 0.1) is 0 Å². The molecule has 0 radical (unpaired) electrons. The van der Waals surface area contributed by atoms with Crippen LogP contribution < -0.4 is 0 Å². The number of hydrogen-bond acceptors (Lipinski definition) is 4. The van der Waals surface area contributed by atoms with Crippen LogP contribution in [0.1, 0.15) is 32.1 Å². The summed E-state index contributed by atoms with van der Waals surface area (Å²) in [5, 5.41) is 12.6. The number of nitrogens with zero attached hydrogens (tertiary/aromatic N) is 2. The summed E-state index contributed by atoms with van der Waals surface area (Å²) in [5.74, 6) is -0.944. The maximum Gasteiger partial charge on any atom is 0.353 e. The number of oxime groups is 1. The standard InChI is InChI=1S/C11H16N2O3/c14-10(15)9-6-11(16-12-9)4-1-5-13(7-11)8-2-3-8/h8H,1-7H2,(H,14,15). The Labute approximate surface area is 94.0 Å². The van der Waals surface area contributed by atoms with Gasteiger partial charge in [-0.1, -0.05) is 5.16 Å². The first kappa shape index (κ1) is 10.1. The molecule has 5 heteroatoms. The van der Waals surface area contributed by atoms with Crippen LogP contribution in [0.15, 0.2) is 5.16 Å². The Morgan fingerprint density at radius 2 is 2.38 bits per heavy atom. The van der Waals surface area contributed by atoms with Crippen molar-refractivity contribution in [2.45, 2.75) is 43.7 Å². The molecule has 1 N–H and O–H groups in total. The zero-order valence-corrected chi connectivity index (χ0v) is 9.19. The van der Waals surface area contributed by atoms with Crippen LogP contribution in [-0.4, -0.2) is 46.4 Å². The molecule has 2 heterocycles. The maximum atomic E-state index is 10.8. The minimum absolute atomic E-state index is 0.178. The zero-order chi connectivity index (χ0) is 11.2. The molecule has 1 unspecified atom stereocenters. The first-order valence-electron chi connectivity index (χ1n) is 5.91. The molecular formula is C11H16N2O3. The second-order valence-electron chi connectivity index (χ2n) is 5.10. The summed E-state index contributed by atoms with van der Waals surface area (Å²) in [6.45, 7) is 1.97. The maximum absolute atomic E-state index is 10.8. The van der Waals surface area contributed by atoms with Crippen molar-refractivity contribution in [2.75, 3.05) is 13.1 Å². The van der Waals surface area contributed by atoms with Gasteiger partial charge in [0, 0.05) is 19.0 Å². The van der Waals surface area contributed by atoms with Gasteiger partial charge in [0.1, 0.15) is 0 Å². The highest BCUT2D eigenvalue weighted by atomic mass is 16.7. The molecule has 16 heavy (non-hydrogen) atoms. The van der Waals surface area contributed by atoms with E-state index in [4.69, 9.17) is 9.94 Å². The van der Waals surface area contributed by atoms with Gasteiger partial charge >= 0.3 is 5.97 Å². The van der Waals surface area contributed by atoms with Gasteiger partial charge in [-0.05, 0) is 32.2 Å². The van der Waals surface area contributed by atoms with Crippen molar-refractivity contribution in [3.05, 3.63) is 0 Å². The molecule has 1 atom stereocenters. The topological polar surface area (TPSA) is 62.1 Å². The van der Waals surface area contributed by atoms with Gasteiger partial charge in [0.2, 0.25) is 0 Å². The first-order chi connectivity index (χ1) is 7.69. The third-order valence-electron chi connectivity index (χ3n) is 3.72. The Morgan fingerprint density at radius 1 is 1.56 bits per heavy atom. The summed E-state index contributed by atoms with van der Waals surface area (Å²) < 4.78 is 0. The highest BCUT2D eigenvalue weighted by Crippen LogP contribution is 2.38. The van der Waals surface area contributed by atoms with E-state index in [9.17, 15) is 4.79 Å². The molecule has 0 bridgehead atoms. The van der Waals surface area contributed by atoms with Crippen LogP contribution in [0.25, 0.3) is 0 Å². The number of aliphatic carboxylic acids is 1. The Bertz CT molecular complexity index is 351. The normalized spacial score (nSPS) is 34.9. The number of carboxylic acids is 1. The molecule has 0 amide bonds. The largest absolute Gasteiger partial charge is 0.477 e. The predicted octanol–water partition coefficient (Wildman–Crippen LogP) is 0.844. The fourth-order valence-corrected chi connectivity index (χ4v) is 2.74. The van der Waals surface area contributed by atoms with E-state index in [0.29, 0.717) is 6.42 Å². The van der Waals surface area contributed by atoms with Crippen LogP contribution in [0.4, 0.5) is 0 Å². The molecule has 3 rings (SSSR count). The number of carbonyl (C=O) groups is 1. The van der Waals surface area contributed by atoms with Gasteiger partial charge in [0.15, 0.2) is 11.3 Å². The van der Waals surface area contributed by atoms with E-state index in [0.717, 1.165) is 32.0 Å². The molecule has 88 valence electrons. The van der Waals surface area contributed by atoms with E-state index in [1.807, 2.05) is 0 Å². The van der Waals surface area contributed by atoms with Crippen LogP contribution in [0.5, 0.6) is 0 Å². The Morgan fingerprint density at radius 3 is 3.00 bits per heavy atom. The summed E-state index contributed by atoms with van der Waals surface area (Å²) in [7, 11) is 0. The van der Waals surface area contributed by atoms with E-state index in [1.54, 1.807) is 0 Å². The van der Waals surface area contributed by atoms with E-state index >= 15 is 0 Å². The highest BCUT2D eigenvalue weighted by molar-refractivity contribution is 6.36. The molecule has 3 aliphatic rings. The van der Waals surface area contributed by atoms with Crippen molar-refractivity contribution < 1.29 is 14.7 Å². The quantitative estimate of drug-likeness (QED) is 0.755. The lowest BCUT2D eigenvalue weighted by molar-refractivity contribution is -0.129. The van der Waals surface area contributed by atoms with E-state index in [1.165, 1.54) is 12.8 Å². The number of likely N-dealkylation sites (tertiary alicyclic amines) is 1. The van der Waals surface area contributed by atoms with Crippen LogP contribution in [0.2, 0.25) is 0 Å². The van der Waals surface area contributed by atoms with Crippen molar-refractivity contribution >= 4 is 11.7 Å². The molecule has 2 aliphatic heterocycles. The molecule has 0 aromatic rings. The summed E-state index contributed by atoms with van der Waals surface area (Å²) in [6, 6.07) is 0.717. The van der Waals surface area contributed by atoms with Crippen molar-refractivity contribution in [2.24, 2.45) is 5.16 Å². The van der Waals surface area contributed by atoms with E-state index in [-0.39, 0.29) is 11.3 Å². The molecule has 1 saturated heterocycles. The number of carboxylic acid groups (broad SMARTS) is 1. The van der Waals surface area contributed by atoms with E-state index < -0.39 is 5.97 Å². The van der Waals surface area contributed by atoms with Gasteiger partial charge in [-0.25, -0.2) is 4.79 Å². The van der Waals surface area contributed by atoms with Gasteiger partial charge in [-0.2, -0.15) is 0 Å². The smallest absolute Gasteiger partial charge is 0.353 e. The van der Waals surface area contributed by atoms with Crippen LogP contribution in [0.3, 0.4) is 0 Å². The second-order valence-corrected chi connectivity index (χ2v) is 5.10. The lowest BCUT2D eigenvalue weighted by Crippen LogP contribution is -2.49. The monoisotopic (exact) mass is 224 g/mol. The third-order valence-corrected chi connectivity index (χ3v) is 3.72. The molecular weight excluding hydrogens is 208 g/mol. The first-order valence-corrected chi connectivity index (χ1v) is 5.91. The lowest BCUT2D eigenvalue weighted by atomic mass is 9.88. The van der Waals surface area contributed by atoms with E-state index in [2.05, 4.69) is 10.1 Å². The minimum atomic E-state index is -0.944. The minimum Gasteiger partial charge on any atom is -0.477 e. The fraction of sp³-hybridized carbons (Fsp3) is 0.818. The van der Waals surface area contributed by atoms with Crippen molar-refractivity contribution in [1.82, 2.24) is 4.90 Å². The molecule has 1 saturated carbocycles. The predicted molar refractivity (Wildman–Crippen MR) is 57.3 cm³/mol. The molecule has 0 aromatic carbocycles. The average molecular weight is 224 g/mol. The highest BCUT2D eigenvalue weighted by Gasteiger charge is 2.47. The van der Waals surface area contributed by atoms with Crippen molar-refractivity contribution in [3.8, 4) is 0 Å². The summed E-state index contributed by atoms with van der Waals surface area (Å²) >= 11 is 0. The molecule has 2 fully saturated rings. The van der Waals surface area contributed by atoms with Gasteiger partial charge < -0.3 is 9.94 Å². The average Bonchev–Trinajstić information content (AvgIpc) is 3.03. The number of rotatable bonds is 2. The SMILES string of the molecule is O=C(O)C1=NOC2(CCCN(C3CC3)C2)C1. The Kier molecular flexibility index (Phi) is 2.17. The number of hydrogen-bond donors (Lipinski definition) is 1. The number of piperidine rings is 1. The van der Waals surface area contributed by atoms with Crippen molar-refractivity contribution in [3.63, 3.8) is 0 Å². The van der Waals surface area contributed by atoms with Crippen molar-refractivity contribution in [1.29, 1.82) is 0 Å². The van der Waals surface area contributed by atoms with Crippen LogP contribution >= 0.6 is 0 Å². The molecule has 5 nitrogen and oxygen atoms in total. The third kappa shape index (κ3) is 1.69. The molecule has 0 aromatic heterocycles. The Balaban J connectivity index is 1.68. The molecule has 1 aliphatic carbocycles. The summed E-state index contributed by atoms with van der Waals surface area (Å²) in [6.07, 6.45) is 5.03. The Hall–Kier alpha value is -1.10. The fourth-order valence-electron chi connectivity index (χ4n) is 2.74. The zero-order valence-electron chi connectivity index (χ0n) is 9.19. The van der Waals surface area contributed by atoms with Crippen LogP contribution in [-0.2, 0) is 9.63 Å². The van der Waals surface area contributed by atoms with Gasteiger partial charge in [-0.15, -0.1) is 0 Å². The second kappa shape index (κ2) is 3.45. The molecule has 1 spiro atoms. The van der Waals surface area contributed by atoms with Crippen LogP contribution in [0, 0.1) is 0 Å². The van der Waals surface area contributed by atoms with Gasteiger partial charge in [0.25, 0.3) is 0 Å². The van der Waals surface area contributed by atoms with Gasteiger partial charge in [-0.3, -0.25) is 4.90 Å². The summed E-state index contributed by atoms with van der Waals surface area (Å²) in [5.41, 5.74) is -0.160. The lowest BCUT2D eigenvalue weighted by Gasteiger charge is -2.38. The summed E-state index contributed by atoms with van der Waals surface area (Å²) in [4.78, 5) is 18.7.